The first kappa shape index (κ1) is 20.7. The SMILES string of the molecule is O=C(C[C@@H](NC(=O)c1ccccc1)c1ccccc1)Nc1ccc(F)c([N+](=O)[O-])c1. The molecule has 0 spiro atoms. The minimum Gasteiger partial charge on any atom is -0.345 e. The quantitative estimate of drug-likeness (QED) is 0.452. The Labute approximate surface area is 171 Å². The number of hydrogen-bond donors (Lipinski definition) is 2. The van der Waals surface area contributed by atoms with E-state index in [4.69, 9.17) is 0 Å². The molecule has 0 aliphatic heterocycles. The highest BCUT2D eigenvalue weighted by Crippen LogP contribution is 2.23. The summed E-state index contributed by atoms with van der Waals surface area (Å²) in [7, 11) is 0. The lowest BCUT2D eigenvalue weighted by molar-refractivity contribution is -0.387. The van der Waals surface area contributed by atoms with E-state index >= 15 is 0 Å². The van der Waals surface area contributed by atoms with E-state index in [1.165, 1.54) is 6.07 Å². The summed E-state index contributed by atoms with van der Waals surface area (Å²) in [5, 5.41) is 16.2. The number of anilines is 1. The van der Waals surface area contributed by atoms with Crippen molar-refractivity contribution >= 4 is 23.2 Å². The number of halogens is 1. The van der Waals surface area contributed by atoms with E-state index in [0.29, 0.717) is 5.56 Å². The van der Waals surface area contributed by atoms with E-state index in [1.54, 1.807) is 54.6 Å². The second-order valence-electron chi connectivity index (χ2n) is 6.48. The molecule has 1 atom stereocenters. The molecular weight excluding hydrogens is 389 g/mol. The van der Waals surface area contributed by atoms with E-state index in [0.717, 1.165) is 17.7 Å². The molecular formula is C22H18FN3O4. The van der Waals surface area contributed by atoms with Crippen molar-refractivity contribution in [3.63, 3.8) is 0 Å². The third-order valence-corrected chi connectivity index (χ3v) is 4.36. The van der Waals surface area contributed by atoms with Gasteiger partial charge in [-0.3, -0.25) is 19.7 Å². The van der Waals surface area contributed by atoms with Crippen molar-refractivity contribution in [3.8, 4) is 0 Å². The van der Waals surface area contributed by atoms with Crippen LogP contribution in [0.2, 0.25) is 0 Å². The van der Waals surface area contributed by atoms with Gasteiger partial charge < -0.3 is 10.6 Å². The number of nitro groups is 1. The highest BCUT2D eigenvalue weighted by molar-refractivity contribution is 5.96. The number of hydrogen-bond acceptors (Lipinski definition) is 4. The molecule has 0 aliphatic carbocycles. The van der Waals surface area contributed by atoms with Crippen molar-refractivity contribution in [1.82, 2.24) is 5.32 Å². The summed E-state index contributed by atoms with van der Waals surface area (Å²) in [6.07, 6.45) is -0.117. The molecule has 3 aromatic carbocycles. The van der Waals surface area contributed by atoms with Crippen molar-refractivity contribution in [1.29, 1.82) is 0 Å². The first-order valence-electron chi connectivity index (χ1n) is 9.08. The fourth-order valence-electron chi connectivity index (χ4n) is 2.90. The predicted octanol–water partition coefficient (Wildman–Crippen LogP) is 4.23. The highest BCUT2D eigenvalue weighted by Gasteiger charge is 2.20. The lowest BCUT2D eigenvalue weighted by Gasteiger charge is -2.19. The predicted molar refractivity (Wildman–Crippen MR) is 109 cm³/mol. The van der Waals surface area contributed by atoms with Gasteiger partial charge in [0.25, 0.3) is 5.91 Å². The van der Waals surface area contributed by atoms with Gasteiger partial charge in [-0.1, -0.05) is 48.5 Å². The minimum absolute atomic E-state index is 0.0919. The van der Waals surface area contributed by atoms with Gasteiger partial charge in [-0.05, 0) is 29.8 Å². The zero-order chi connectivity index (χ0) is 21.5. The molecule has 0 unspecified atom stereocenters. The number of carbonyl (C=O) groups is 2. The van der Waals surface area contributed by atoms with Crippen LogP contribution in [-0.2, 0) is 4.79 Å². The fraction of sp³-hybridized carbons (Fsp3) is 0.0909. The Balaban J connectivity index is 1.76. The zero-order valence-corrected chi connectivity index (χ0v) is 15.7. The summed E-state index contributed by atoms with van der Waals surface area (Å²) in [6.45, 7) is 0. The van der Waals surface area contributed by atoms with Crippen LogP contribution in [0.25, 0.3) is 0 Å². The third kappa shape index (κ3) is 5.26. The van der Waals surface area contributed by atoms with Gasteiger partial charge in [-0.15, -0.1) is 0 Å². The molecule has 2 amide bonds. The third-order valence-electron chi connectivity index (χ3n) is 4.36. The van der Waals surface area contributed by atoms with Gasteiger partial charge in [-0.25, -0.2) is 0 Å². The Morgan fingerprint density at radius 2 is 1.60 bits per heavy atom. The smallest absolute Gasteiger partial charge is 0.306 e. The van der Waals surface area contributed by atoms with Gasteiger partial charge >= 0.3 is 5.69 Å². The summed E-state index contributed by atoms with van der Waals surface area (Å²) in [6, 6.07) is 20.0. The first-order chi connectivity index (χ1) is 14.4. The van der Waals surface area contributed by atoms with Crippen LogP contribution in [0.15, 0.2) is 78.9 Å². The molecule has 152 valence electrons. The molecule has 0 aliphatic rings. The molecule has 30 heavy (non-hydrogen) atoms. The van der Waals surface area contributed by atoms with Gasteiger partial charge in [0.1, 0.15) is 0 Å². The fourth-order valence-corrected chi connectivity index (χ4v) is 2.90. The molecule has 7 nitrogen and oxygen atoms in total. The van der Waals surface area contributed by atoms with Crippen LogP contribution < -0.4 is 10.6 Å². The average Bonchev–Trinajstić information content (AvgIpc) is 2.75. The number of nitrogens with one attached hydrogen (secondary N) is 2. The monoisotopic (exact) mass is 407 g/mol. The Hall–Kier alpha value is -4.07. The van der Waals surface area contributed by atoms with E-state index in [9.17, 15) is 24.1 Å². The number of benzene rings is 3. The van der Waals surface area contributed by atoms with Gasteiger partial charge in [0.15, 0.2) is 0 Å². The first-order valence-corrected chi connectivity index (χ1v) is 9.08. The maximum Gasteiger partial charge on any atom is 0.306 e. The highest BCUT2D eigenvalue weighted by atomic mass is 19.1. The molecule has 0 heterocycles. The van der Waals surface area contributed by atoms with Gasteiger partial charge in [0.2, 0.25) is 11.7 Å². The molecule has 0 saturated heterocycles. The van der Waals surface area contributed by atoms with Gasteiger partial charge in [0.05, 0.1) is 17.4 Å². The molecule has 2 N–H and O–H groups in total. The van der Waals surface area contributed by atoms with Crippen LogP contribution in [0.4, 0.5) is 15.8 Å². The number of carbonyl (C=O) groups excluding carboxylic acids is 2. The second-order valence-corrected chi connectivity index (χ2v) is 6.48. The Kier molecular flexibility index (Phi) is 6.49. The van der Waals surface area contributed by atoms with E-state index in [-0.39, 0.29) is 18.0 Å². The number of nitrogens with zero attached hydrogens (tertiary/aromatic N) is 1. The summed E-state index contributed by atoms with van der Waals surface area (Å²) >= 11 is 0. The van der Waals surface area contributed by atoms with Crippen LogP contribution in [-0.4, -0.2) is 16.7 Å². The molecule has 3 rings (SSSR count). The van der Waals surface area contributed by atoms with Crippen LogP contribution in [0, 0.1) is 15.9 Å². The van der Waals surface area contributed by atoms with Gasteiger partial charge in [-0.2, -0.15) is 4.39 Å². The molecule has 0 saturated carbocycles. The zero-order valence-electron chi connectivity index (χ0n) is 15.7. The summed E-state index contributed by atoms with van der Waals surface area (Å²) < 4.78 is 13.5. The number of nitro benzene ring substituents is 1. The van der Waals surface area contributed by atoms with Crippen molar-refractivity contribution < 1.29 is 18.9 Å². The molecule has 0 bridgehead atoms. The molecule has 3 aromatic rings. The molecule has 0 fully saturated rings. The normalized spacial score (nSPS) is 11.4. The Morgan fingerprint density at radius 1 is 0.967 bits per heavy atom. The summed E-state index contributed by atoms with van der Waals surface area (Å²) in [4.78, 5) is 35.1. The molecule has 8 heteroatoms. The van der Waals surface area contributed by atoms with Crippen molar-refractivity contribution in [3.05, 3.63) is 106 Å². The van der Waals surface area contributed by atoms with E-state index in [2.05, 4.69) is 10.6 Å². The maximum absolute atomic E-state index is 13.5. The largest absolute Gasteiger partial charge is 0.345 e. The number of rotatable bonds is 7. The van der Waals surface area contributed by atoms with Crippen LogP contribution >= 0.6 is 0 Å². The Morgan fingerprint density at radius 3 is 2.23 bits per heavy atom. The summed E-state index contributed by atoms with van der Waals surface area (Å²) in [5.41, 5.74) is 0.536. The maximum atomic E-state index is 13.5. The standard InChI is InChI=1S/C22H18FN3O4/c23-18-12-11-17(13-20(18)26(29)30)24-21(27)14-19(15-7-3-1-4-8-15)25-22(28)16-9-5-2-6-10-16/h1-13,19H,14H2,(H,24,27)(H,25,28)/t19-/m1/s1. The topological polar surface area (TPSA) is 101 Å². The average molecular weight is 407 g/mol. The molecule has 0 radical (unpaired) electrons. The second kappa shape index (κ2) is 9.42. The minimum atomic E-state index is -0.990. The summed E-state index contributed by atoms with van der Waals surface area (Å²) in [5.74, 6) is -1.82. The van der Waals surface area contributed by atoms with Crippen molar-refractivity contribution in [2.45, 2.75) is 12.5 Å². The van der Waals surface area contributed by atoms with Crippen LogP contribution in [0.1, 0.15) is 28.4 Å². The van der Waals surface area contributed by atoms with Crippen molar-refractivity contribution in [2.24, 2.45) is 0 Å². The Bertz CT molecular complexity index is 1060. The van der Waals surface area contributed by atoms with Gasteiger partial charge in [0, 0.05) is 17.3 Å². The van der Waals surface area contributed by atoms with Crippen LogP contribution in [0.5, 0.6) is 0 Å². The molecule has 0 aromatic heterocycles. The van der Waals surface area contributed by atoms with E-state index in [1.807, 2.05) is 6.07 Å². The lowest BCUT2D eigenvalue weighted by atomic mass is 10.0. The van der Waals surface area contributed by atoms with Crippen LogP contribution in [0.3, 0.4) is 0 Å². The number of amides is 2. The van der Waals surface area contributed by atoms with E-state index < -0.39 is 28.4 Å². The lowest BCUT2D eigenvalue weighted by Crippen LogP contribution is -2.31. The van der Waals surface area contributed by atoms with Crippen molar-refractivity contribution in [2.75, 3.05) is 5.32 Å².